The standard InChI is InChI=1S/C21H21N3O3/c1-20(2,3)27-19(26)23-21(14-22)16-11-7-8-12-17(16)24(18(21)25)13-15-9-5-4-6-10-15/h4-12H,13H2,1-3H3,(H,23,26). The first-order valence-electron chi connectivity index (χ1n) is 8.65. The van der Waals surface area contributed by atoms with E-state index in [2.05, 4.69) is 5.32 Å². The Morgan fingerprint density at radius 1 is 1.15 bits per heavy atom. The molecule has 1 aliphatic heterocycles. The summed E-state index contributed by atoms with van der Waals surface area (Å²) in [6, 6.07) is 18.5. The Morgan fingerprint density at radius 2 is 1.78 bits per heavy atom. The number of alkyl carbamates (subject to hydrolysis) is 1. The fourth-order valence-corrected chi connectivity index (χ4v) is 3.09. The summed E-state index contributed by atoms with van der Waals surface area (Å²) in [5.41, 5.74) is -0.589. The summed E-state index contributed by atoms with van der Waals surface area (Å²) in [6.07, 6.45) is -0.811. The summed E-state index contributed by atoms with van der Waals surface area (Å²) < 4.78 is 5.27. The number of nitrogens with zero attached hydrogens (tertiary/aromatic N) is 2. The molecule has 0 radical (unpaired) electrons. The number of anilines is 1. The predicted molar refractivity (Wildman–Crippen MR) is 101 cm³/mol. The van der Waals surface area contributed by atoms with Crippen LogP contribution < -0.4 is 10.2 Å². The largest absolute Gasteiger partial charge is 0.444 e. The molecule has 2 amide bonds. The van der Waals surface area contributed by atoms with Crippen LogP contribution in [0.15, 0.2) is 54.6 Å². The molecule has 1 heterocycles. The number of carbonyl (C=O) groups is 2. The van der Waals surface area contributed by atoms with Crippen LogP contribution in [0.25, 0.3) is 0 Å². The Hall–Kier alpha value is -3.33. The van der Waals surface area contributed by atoms with Crippen molar-refractivity contribution in [1.29, 1.82) is 5.26 Å². The van der Waals surface area contributed by atoms with Crippen molar-refractivity contribution in [1.82, 2.24) is 5.32 Å². The van der Waals surface area contributed by atoms with E-state index in [1.165, 1.54) is 4.90 Å². The van der Waals surface area contributed by atoms with Gasteiger partial charge in [-0.05, 0) is 32.4 Å². The minimum Gasteiger partial charge on any atom is -0.444 e. The number of para-hydroxylation sites is 1. The molecule has 1 atom stereocenters. The van der Waals surface area contributed by atoms with Crippen molar-refractivity contribution in [2.75, 3.05) is 4.90 Å². The summed E-state index contributed by atoms with van der Waals surface area (Å²) in [7, 11) is 0. The van der Waals surface area contributed by atoms with Gasteiger partial charge in [-0.15, -0.1) is 0 Å². The number of nitrogens with one attached hydrogen (secondary N) is 1. The highest BCUT2D eigenvalue weighted by Gasteiger charge is 2.53. The minimum atomic E-state index is -1.81. The molecule has 0 aromatic heterocycles. The highest BCUT2D eigenvalue weighted by molar-refractivity contribution is 6.11. The molecule has 1 unspecified atom stereocenters. The smallest absolute Gasteiger partial charge is 0.409 e. The maximum atomic E-state index is 13.3. The van der Waals surface area contributed by atoms with Crippen molar-refractivity contribution in [2.45, 2.75) is 38.5 Å². The summed E-state index contributed by atoms with van der Waals surface area (Å²) in [4.78, 5) is 27.1. The Balaban J connectivity index is 1.99. The molecule has 0 fully saturated rings. The highest BCUT2D eigenvalue weighted by Crippen LogP contribution is 2.41. The van der Waals surface area contributed by atoms with Crippen molar-refractivity contribution < 1.29 is 14.3 Å². The van der Waals surface area contributed by atoms with Crippen molar-refractivity contribution in [3.63, 3.8) is 0 Å². The van der Waals surface area contributed by atoms with Crippen LogP contribution in [-0.4, -0.2) is 17.6 Å². The fourth-order valence-electron chi connectivity index (χ4n) is 3.09. The van der Waals surface area contributed by atoms with Gasteiger partial charge in [0.1, 0.15) is 11.7 Å². The average molecular weight is 363 g/mol. The zero-order valence-electron chi connectivity index (χ0n) is 15.5. The number of hydrogen-bond acceptors (Lipinski definition) is 4. The van der Waals surface area contributed by atoms with E-state index in [4.69, 9.17) is 4.74 Å². The Bertz CT molecular complexity index is 912. The lowest BCUT2D eigenvalue weighted by molar-refractivity contribution is -0.122. The second-order valence-corrected chi connectivity index (χ2v) is 7.38. The molecular formula is C21H21N3O3. The molecule has 0 saturated carbocycles. The molecule has 0 aliphatic carbocycles. The van der Waals surface area contributed by atoms with E-state index in [0.717, 1.165) is 5.56 Å². The van der Waals surface area contributed by atoms with Crippen LogP contribution in [0.1, 0.15) is 31.9 Å². The van der Waals surface area contributed by atoms with E-state index < -0.39 is 23.1 Å². The van der Waals surface area contributed by atoms with Gasteiger partial charge in [0.15, 0.2) is 0 Å². The van der Waals surface area contributed by atoms with Gasteiger partial charge >= 0.3 is 6.09 Å². The van der Waals surface area contributed by atoms with Gasteiger partial charge in [0.05, 0.1) is 12.2 Å². The third kappa shape index (κ3) is 3.49. The third-order valence-electron chi connectivity index (χ3n) is 4.20. The van der Waals surface area contributed by atoms with Crippen LogP contribution in [0.5, 0.6) is 0 Å². The second-order valence-electron chi connectivity index (χ2n) is 7.38. The zero-order chi connectivity index (χ0) is 19.7. The van der Waals surface area contributed by atoms with Gasteiger partial charge in [0.25, 0.3) is 5.91 Å². The first-order valence-corrected chi connectivity index (χ1v) is 8.65. The lowest BCUT2D eigenvalue weighted by Crippen LogP contribution is -2.53. The van der Waals surface area contributed by atoms with Gasteiger partial charge in [-0.25, -0.2) is 4.79 Å². The number of carbonyl (C=O) groups excluding carboxylic acids is 2. The number of nitriles is 1. The Labute approximate surface area is 158 Å². The quantitative estimate of drug-likeness (QED) is 0.905. The number of hydrogen-bond donors (Lipinski definition) is 1. The number of benzene rings is 2. The Kier molecular flexibility index (Phi) is 4.63. The van der Waals surface area contributed by atoms with Crippen molar-refractivity contribution in [3.05, 3.63) is 65.7 Å². The first-order chi connectivity index (χ1) is 12.8. The number of fused-ring (bicyclic) bond motifs is 1. The van der Waals surface area contributed by atoms with Gasteiger partial charge in [-0.3, -0.25) is 10.1 Å². The first kappa shape index (κ1) is 18.5. The molecule has 0 spiro atoms. The highest BCUT2D eigenvalue weighted by atomic mass is 16.6. The van der Waals surface area contributed by atoms with Crippen LogP contribution in [0.3, 0.4) is 0 Å². The van der Waals surface area contributed by atoms with E-state index in [1.807, 2.05) is 36.4 Å². The molecule has 3 rings (SSSR count). The summed E-state index contributed by atoms with van der Waals surface area (Å²) in [6.45, 7) is 5.46. The van der Waals surface area contributed by atoms with E-state index in [-0.39, 0.29) is 0 Å². The normalized spacial score (nSPS) is 18.6. The van der Waals surface area contributed by atoms with E-state index in [0.29, 0.717) is 17.8 Å². The van der Waals surface area contributed by atoms with Crippen LogP contribution in [0.4, 0.5) is 10.5 Å². The number of rotatable bonds is 3. The monoisotopic (exact) mass is 363 g/mol. The van der Waals surface area contributed by atoms with Crippen LogP contribution in [0.2, 0.25) is 0 Å². The molecule has 2 aromatic rings. The molecule has 27 heavy (non-hydrogen) atoms. The molecule has 6 nitrogen and oxygen atoms in total. The lowest BCUT2D eigenvalue weighted by Gasteiger charge is -2.26. The molecule has 138 valence electrons. The van der Waals surface area contributed by atoms with Gasteiger partial charge in [-0.2, -0.15) is 5.26 Å². The fraction of sp³-hybridized carbons (Fsp3) is 0.286. The third-order valence-corrected chi connectivity index (χ3v) is 4.20. The van der Waals surface area contributed by atoms with Crippen LogP contribution in [-0.2, 0) is 21.6 Å². The molecular weight excluding hydrogens is 342 g/mol. The average Bonchev–Trinajstić information content (AvgIpc) is 2.84. The van der Waals surface area contributed by atoms with E-state index >= 15 is 0 Å². The summed E-state index contributed by atoms with van der Waals surface area (Å²) in [5, 5.41) is 12.4. The minimum absolute atomic E-state index is 0.302. The van der Waals surface area contributed by atoms with Crippen LogP contribution >= 0.6 is 0 Å². The van der Waals surface area contributed by atoms with Gasteiger partial charge in [-0.1, -0.05) is 48.5 Å². The van der Waals surface area contributed by atoms with Crippen molar-refractivity contribution >= 4 is 17.7 Å². The Morgan fingerprint density at radius 3 is 2.41 bits per heavy atom. The van der Waals surface area contributed by atoms with Crippen molar-refractivity contribution in [2.24, 2.45) is 0 Å². The maximum Gasteiger partial charge on any atom is 0.409 e. The topological polar surface area (TPSA) is 82.4 Å². The predicted octanol–water partition coefficient (Wildman–Crippen LogP) is 3.48. The number of ether oxygens (including phenoxy) is 1. The summed E-state index contributed by atoms with van der Waals surface area (Å²) in [5.74, 6) is -0.499. The van der Waals surface area contributed by atoms with E-state index in [1.54, 1.807) is 45.0 Å². The molecule has 1 N–H and O–H groups in total. The van der Waals surface area contributed by atoms with Crippen LogP contribution in [0, 0.1) is 11.3 Å². The molecule has 6 heteroatoms. The van der Waals surface area contributed by atoms with E-state index in [9.17, 15) is 14.9 Å². The van der Waals surface area contributed by atoms with Gasteiger partial charge in [0.2, 0.25) is 5.54 Å². The van der Waals surface area contributed by atoms with Crippen molar-refractivity contribution in [3.8, 4) is 6.07 Å². The summed E-state index contributed by atoms with van der Waals surface area (Å²) >= 11 is 0. The molecule has 0 saturated heterocycles. The SMILES string of the molecule is CC(C)(C)OC(=O)NC1(C#N)C(=O)N(Cc2ccccc2)c2ccccc21. The molecule has 2 aromatic carbocycles. The number of amides is 2. The van der Waals surface area contributed by atoms with Gasteiger partial charge < -0.3 is 9.64 Å². The second kappa shape index (κ2) is 6.76. The van der Waals surface area contributed by atoms with Gasteiger partial charge in [0, 0.05) is 5.56 Å². The molecule has 0 bridgehead atoms. The molecule has 1 aliphatic rings. The zero-order valence-corrected chi connectivity index (χ0v) is 15.5. The lowest BCUT2D eigenvalue weighted by atomic mass is 9.93. The maximum absolute atomic E-state index is 13.3.